The van der Waals surface area contributed by atoms with Crippen molar-refractivity contribution in [2.45, 2.75) is 24.2 Å². The molecule has 1 amide bonds. The van der Waals surface area contributed by atoms with Crippen molar-refractivity contribution in [3.05, 3.63) is 52.2 Å². The summed E-state index contributed by atoms with van der Waals surface area (Å²) >= 11 is 1.64. The number of nitrogens with one attached hydrogen (secondary N) is 1. The van der Waals surface area contributed by atoms with Gasteiger partial charge in [-0.05, 0) is 48.9 Å². The third kappa shape index (κ3) is 4.72. The Balaban J connectivity index is 1.53. The molecule has 0 bridgehead atoms. The first-order chi connectivity index (χ1) is 12.9. The molecule has 0 spiro atoms. The van der Waals surface area contributed by atoms with Crippen LogP contribution in [0.1, 0.15) is 17.7 Å². The highest BCUT2D eigenvalue weighted by molar-refractivity contribution is 7.89. The average Bonchev–Trinajstić information content (AvgIpc) is 3.17. The molecule has 0 unspecified atom stereocenters. The van der Waals surface area contributed by atoms with Crippen LogP contribution in [-0.4, -0.2) is 38.3 Å². The molecule has 146 valence electrons. The highest BCUT2D eigenvalue weighted by Gasteiger charge is 2.32. The van der Waals surface area contributed by atoms with E-state index < -0.39 is 21.7 Å². The minimum atomic E-state index is -3.90. The summed E-state index contributed by atoms with van der Waals surface area (Å²) in [6.45, 7) is 0.890. The summed E-state index contributed by atoms with van der Waals surface area (Å²) in [6.07, 6.45) is 1.56. The predicted molar refractivity (Wildman–Crippen MR) is 98.9 cm³/mol. The van der Waals surface area contributed by atoms with Gasteiger partial charge in [-0.1, -0.05) is 6.07 Å². The van der Waals surface area contributed by atoms with Gasteiger partial charge in [0.1, 0.15) is 0 Å². The first-order valence-corrected chi connectivity index (χ1v) is 10.9. The monoisotopic (exact) mass is 414 g/mol. The third-order valence-corrected chi connectivity index (χ3v) is 7.44. The van der Waals surface area contributed by atoms with Crippen molar-refractivity contribution in [3.8, 4) is 0 Å². The number of hydrogen-bond acceptors (Lipinski definition) is 4. The summed E-state index contributed by atoms with van der Waals surface area (Å²) < 4.78 is 52.7. The number of hydrogen-bond donors (Lipinski definition) is 1. The molecule has 1 aromatic carbocycles. The zero-order valence-electron chi connectivity index (χ0n) is 14.5. The van der Waals surface area contributed by atoms with E-state index in [0.29, 0.717) is 25.5 Å². The van der Waals surface area contributed by atoms with Crippen LogP contribution in [0.15, 0.2) is 40.6 Å². The highest BCUT2D eigenvalue weighted by Crippen LogP contribution is 2.25. The fourth-order valence-corrected chi connectivity index (χ4v) is 5.24. The summed E-state index contributed by atoms with van der Waals surface area (Å²) in [6, 6.07) is 6.52. The van der Waals surface area contributed by atoms with E-state index in [1.54, 1.807) is 11.3 Å². The molecule has 27 heavy (non-hydrogen) atoms. The number of carbonyl (C=O) groups excluding carboxylic acids is 1. The fraction of sp³-hybridized carbons (Fsp3) is 0.389. The lowest BCUT2D eigenvalue weighted by molar-refractivity contribution is -0.126. The molecule has 1 aliphatic rings. The third-order valence-electron chi connectivity index (χ3n) is 4.60. The quantitative estimate of drug-likeness (QED) is 0.791. The van der Waals surface area contributed by atoms with Crippen molar-refractivity contribution >= 4 is 27.3 Å². The number of benzene rings is 1. The van der Waals surface area contributed by atoms with Crippen LogP contribution in [0, 0.1) is 17.6 Å². The molecular weight excluding hydrogens is 394 g/mol. The second kappa shape index (κ2) is 8.45. The number of amides is 1. The van der Waals surface area contributed by atoms with Gasteiger partial charge in [-0.15, -0.1) is 11.3 Å². The van der Waals surface area contributed by atoms with Crippen LogP contribution in [0.4, 0.5) is 8.78 Å². The van der Waals surface area contributed by atoms with Crippen molar-refractivity contribution in [1.82, 2.24) is 9.62 Å². The molecule has 0 atom stereocenters. The lowest BCUT2D eigenvalue weighted by Crippen LogP contribution is -2.43. The van der Waals surface area contributed by atoms with E-state index in [4.69, 9.17) is 0 Å². The number of carbonyl (C=O) groups is 1. The van der Waals surface area contributed by atoms with E-state index in [2.05, 4.69) is 5.32 Å². The maximum atomic E-state index is 13.4. The van der Waals surface area contributed by atoms with Crippen LogP contribution in [0.25, 0.3) is 0 Å². The predicted octanol–water partition coefficient (Wildman–Crippen LogP) is 2.79. The Hall–Kier alpha value is -1.84. The van der Waals surface area contributed by atoms with Gasteiger partial charge in [-0.2, -0.15) is 4.31 Å². The maximum absolute atomic E-state index is 13.4. The van der Waals surface area contributed by atoms with Gasteiger partial charge in [-0.25, -0.2) is 17.2 Å². The Morgan fingerprint density at radius 3 is 2.56 bits per heavy atom. The van der Waals surface area contributed by atoms with Crippen molar-refractivity contribution in [2.75, 3.05) is 19.6 Å². The van der Waals surface area contributed by atoms with E-state index >= 15 is 0 Å². The van der Waals surface area contributed by atoms with E-state index in [0.717, 1.165) is 18.6 Å². The van der Waals surface area contributed by atoms with Crippen LogP contribution >= 0.6 is 11.3 Å². The summed E-state index contributed by atoms with van der Waals surface area (Å²) in [7, 11) is -3.90. The number of nitrogens with zero attached hydrogens (tertiary/aromatic N) is 1. The van der Waals surface area contributed by atoms with Crippen LogP contribution in [0.3, 0.4) is 0 Å². The number of thiophene rings is 1. The molecule has 2 heterocycles. The second-order valence-electron chi connectivity index (χ2n) is 6.37. The Morgan fingerprint density at radius 2 is 1.93 bits per heavy atom. The minimum Gasteiger partial charge on any atom is -0.355 e. The Kier molecular flexibility index (Phi) is 6.23. The molecule has 2 aromatic rings. The average molecular weight is 414 g/mol. The molecule has 1 fully saturated rings. The van der Waals surface area contributed by atoms with Gasteiger partial charge >= 0.3 is 0 Å². The van der Waals surface area contributed by atoms with Crippen LogP contribution in [-0.2, 0) is 21.2 Å². The Morgan fingerprint density at radius 1 is 1.19 bits per heavy atom. The zero-order chi connectivity index (χ0) is 19.4. The van der Waals surface area contributed by atoms with Gasteiger partial charge in [-0.3, -0.25) is 4.79 Å². The first-order valence-electron chi connectivity index (χ1n) is 8.63. The standard InChI is InChI=1S/C18H20F2N2O3S2/c19-16-4-3-15(12-17(16)20)27(24,25)22-9-6-13(7-10-22)18(23)21-8-5-14-2-1-11-26-14/h1-4,11-13H,5-10H2,(H,21,23). The van der Waals surface area contributed by atoms with Crippen LogP contribution < -0.4 is 5.32 Å². The normalized spacial score (nSPS) is 16.4. The molecule has 1 aliphatic heterocycles. The molecule has 3 rings (SSSR count). The van der Waals surface area contributed by atoms with Gasteiger partial charge < -0.3 is 5.32 Å². The number of sulfonamides is 1. The summed E-state index contributed by atoms with van der Waals surface area (Å²) in [5.74, 6) is -2.61. The minimum absolute atomic E-state index is 0.0727. The van der Waals surface area contributed by atoms with Gasteiger partial charge in [0.15, 0.2) is 11.6 Å². The molecule has 1 saturated heterocycles. The van der Waals surface area contributed by atoms with Gasteiger partial charge in [0, 0.05) is 30.4 Å². The number of piperidine rings is 1. The van der Waals surface area contributed by atoms with E-state index in [1.807, 2.05) is 17.5 Å². The summed E-state index contributed by atoms with van der Waals surface area (Å²) in [5, 5.41) is 4.88. The highest BCUT2D eigenvalue weighted by atomic mass is 32.2. The maximum Gasteiger partial charge on any atom is 0.243 e. The molecule has 5 nitrogen and oxygen atoms in total. The van der Waals surface area contributed by atoms with Gasteiger partial charge in [0.2, 0.25) is 15.9 Å². The smallest absolute Gasteiger partial charge is 0.243 e. The van der Waals surface area contributed by atoms with E-state index in [1.165, 1.54) is 9.18 Å². The summed E-state index contributed by atoms with van der Waals surface area (Å²) in [5.41, 5.74) is 0. The molecule has 0 saturated carbocycles. The Bertz CT molecular complexity index is 893. The second-order valence-corrected chi connectivity index (χ2v) is 9.34. The molecule has 0 aliphatic carbocycles. The molecule has 1 N–H and O–H groups in total. The number of rotatable bonds is 6. The largest absolute Gasteiger partial charge is 0.355 e. The molecule has 9 heteroatoms. The molecule has 0 radical (unpaired) electrons. The van der Waals surface area contributed by atoms with Crippen molar-refractivity contribution in [2.24, 2.45) is 5.92 Å². The fourth-order valence-electron chi connectivity index (χ4n) is 3.05. The SMILES string of the molecule is O=C(NCCc1cccs1)C1CCN(S(=O)(=O)c2ccc(F)c(F)c2)CC1. The van der Waals surface area contributed by atoms with Crippen molar-refractivity contribution in [1.29, 1.82) is 0 Å². The van der Waals surface area contributed by atoms with Crippen LogP contribution in [0.2, 0.25) is 0 Å². The van der Waals surface area contributed by atoms with E-state index in [-0.39, 0.29) is 29.8 Å². The van der Waals surface area contributed by atoms with Crippen LogP contribution in [0.5, 0.6) is 0 Å². The topological polar surface area (TPSA) is 66.5 Å². The van der Waals surface area contributed by atoms with Crippen molar-refractivity contribution in [3.63, 3.8) is 0 Å². The molecule has 1 aromatic heterocycles. The number of halogens is 2. The van der Waals surface area contributed by atoms with Crippen molar-refractivity contribution < 1.29 is 22.0 Å². The molecular formula is C18H20F2N2O3S2. The lowest BCUT2D eigenvalue weighted by Gasteiger charge is -2.30. The first kappa shape index (κ1) is 19.9. The van der Waals surface area contributed by atoms with E-state index in [9.17, 15) is 22.0 Å². The zero-order valence-corrected chi connectivity index (χ0v) is 16.2. The Labute approximate surface area is 161 Å². The van der Waals surface area contributed by atoms with Gasteiger partial charge in [0.25, 0.3) is 0 Å². The van der Waals surface area contributed by atoms with Gasteiger partial charge in [0.05, 0.1) is 4.90 Å². The summed E-state index contributed by atoms with van der Waals surface area (Å²) in [4.78, 5) is 13.2. The lowest BCUT2D eigenvalue weighted by atomic mass is 9.97.